The molecule has 3 aromatic carbocycles. The molecule has 0 fully saturated rings. The van der Waals surface area contributed by atoms with E-state index in [2.05, 4.69) is 5.32 Å². The van der Waals surface area contributed by atoms with Crippen molar-refractivity contribution in [3.05, 3.63) is 76.0 Å². The maximum absolute atomic E-state index is 12.7. The van der Waals surface area contributed by atoms with Crippen LogP contribution in [0.5, 0.6) is 34.5 Å². The molecule has 1 heterocycles. The summed E-state index contributed by atoms with van der Waals surface area (Å²) in [6, 6.07) is 10.3. The molecule has 1 aromatic heterocycles. The first-order chi connectivity index (χ1) is 21.8. The highest BCUT2D eigenvalue weighted by Gasteiger charge is 2.19. The van der Waals surface area contributed by atoms with E-state index in [1.54, 1.807) is 6.07 Å². The van der Waals surface area contributed by atoms with Gasteiger partial charge in [0.2, 0.25) is 5.91 Å². The molecule has 4 aromatic rings. The number of nitrogens with one attached hydrogen (secondary N) is 1. The lowest BCUT2D eigenvalue weighted by Crippen LogP contribution is -2.30. The van der Waals surface area contributed by atoms with Gasteiger partial charge in [-0.05, 0) is 48.9 Å². The molecule has 246 valence electrons. The number of carbonyl (C=O) groups excluding carboxylic acids is 1. The van der Waals surface area contributed by atoms with Crippen LogP contribution < -0.4 is 10.7 Å². The van der Waals surface area contributed by atoms with E-state index in [0.29, 0.717) is 11.1 Å². The first-order valence-corrected chi connectivity index (χ1v) is 13.9. The molecule has 0 saturated heterocycles. The number of ether oxygens (including phenoxy) is 1. The van der Waals surface area contributed by atoms with E-state index in [0.717, 1.165) is 6.07 Å². The van der Waals surface area contributed by atoms with Crippen molar-refractivity contribution in [2.45, 2.75) is 25.6 Å². The fraction of sp³-hybridized carbons (Fsp3) is 0.250. The van der Waals surface area contributed by atoms with Gasteiger partial charge in [-0.25, -0.2) is 0 Å². The van der Waals surface area contributed by atoms with Gasteiger partial charge < -0.3 is 60.4 Å². The van der Waals surface area contributed by atoms with E-state index in [9.17, 15) is 45.3 Å². The van der Waals surface area contributed by atoms with E-state index in [1.165, 1.54) is 55.5 Å². The normalized spacial score (nSPS) is 12.4. The van der Waals surface area contributed by atoms with Gasteiger partial charge in [0, 0.05) is 48.9 Å². The van der Waals surface area contributed by atoms with Crippen LogP contribution in [0.3, 0.4) is 0 Å². The van der Waals surface area contributed by atoms with Crippen molar-refractivity contribution in [2.24, 2.45) is 0 Å². The third-order valence-electron chi connectivity index (χ3n) is 6.47. The zero-order chi connectivity index (χ0) is 34.0. The molecular weight excluding hydrogens is 606 g/mol. The average molecular weight is 642 g/mol. The SMILES string of the molecule is CC(O)C(O)COCCNC(=O)/C=C/c1ccc(O)c(O)c1.O=c1c(CCO)c(-c2ccc(O)c(O)c2)oc2cc(O)cc(O)c12. The average Bonchev–Trinajstić information content (AvgIpc) is 3.00. The van der Waals surface area contributed by atoms with Crippen LogP contribution in [-0.4, -0.2) is 90.4 Å². The van der Waals surface area contributed by atoms with Crippen LogP contribution in [0.2, 0.25) is 0 Å². The highest BCUT2D eigenvalue weighted by Crippen LogP contribution is 2.35. The van der Waals surface area contributed by atoms with Crippen LogP contribution in [0, 0.1) is 0 Å². The summed E-state index contributed by atoms with van der Waals surface area (Å²) in [6.45, 7) is 1.60. The molecule has 1 amide bonds. The minimum Gasteiger partial charge on any atom is -0.508 e. The molecule has 0 spiro atoms. The number of carbonyl (C=O) groups is 1. The molecule has 0 aliphatic rings. The summed E-state index contributed by atoms with van der Waals surface area (Å²) in [7, 11) is 0. The highest BCUT2D eigenvalue weighted by molar-refractivity contribution is 5.91. The molecule has 4 rings (SSSR count). The molecule has 2 unspecified atom stereocenters. The number of aliphatic hydroxyl groups is 3. The van der Waals surface area contributed by atoms with Gasteiger partial charge in [0.15, 0.2) is 28.4 Å². The Hall–Kier alpha value is -5.28. The summed E-state index contributed by atoms with van der Waals surface area (Å²) in [5, 5.41) is 87.0. The Morgan fingerprint density at radius 2 is 1.59 bits per heavy atom. The van der Waals surface area contributed by atoms with Crippen molar-refractivity contribution >= 4 is 23.0 Å². The minimum absolute atomic E-state index is 0.00381. The third kappa shape index (κ3) is 9.36. The standard InChI is InChI=1S/C17H14O7.C15H21NO6/c18-4-3-10-16(23)15-13(22)6-9(19)7-14(15)24-17(10)8-1-2-11(20)12(21)5-8;1-10(17)14(20)9-22-7-6-16-15(21)5-3-11-2-4-12(18)13(19)8-11/h1-2,5-7,18-22H,3-4H2;2-5,8,10,14,17-20H,6-7,9H2,1H3,(H,16,21)/b;5-3+. The predicted octanol–water partition coefficient (Wildman–Crippen LogP) is 1.80. The third-order valence-corrected chi connectivity index (χ3v) is 6.47. The van der Waals surface area contributed by atoms with Crippen molar-refractivity contribution in [2.75, 3.05) is 26.4 Å². The van der Waals surface area contributed by atoms with Gasteiger partial charge in [-0.2, -0.15) is 0 Å². The number of hydrogen-bond donors (Lipinski definition) is 10. The van der Waals surface area contributed by atoms with E-state index in [4.69, 9.17) is 19.4 Å². The van der Waals surface area contributed by atoms with Crippen molar-refractivity contribution in [1.29, 1.82) is 0 Å². The summed E-state index contributed by atoms with van der Waals surface area (Å²) >= 11 is 0. The number of fused-ring (bicyclic) bond motifs is 1. The first-order valence-electron chi connectivity index (χ1n) is 13.9. The van der Waals surface area contributed by atoms with Crippen molar-refractivity contribution in [3.8, 4) is 45.8 Å². The Bertz CT molecular complexity index is 1750. The molecule has 0 aliphatic carbocycles. The summed E-state index contributed by atoms with van der Waals surface area (Å²) in [4.78, 5) is 24.2. The van der Waals surface area contributed by atoms with Crippen molar-refractivity contribution in [3.63, 3.8) is 0 Å². The Labute approximate surface area is 261 Å². The van der Waals surface area contributed by atoms with Crippen molar-refractivity contribution in [1.82, 2.24) is 5.32 Å². The van der Waals surface area contributed by atoms with E-state index in [1.807, 2.05) is 0 Å². The van der Waals surface area contributed by atoms with Gasteiger partial charge in [-0.1, -0.05) is 6.07 Å². The number of aliphatic hydroxyl groups excluding tert-OH is 3. The fourth-order valence-corrected chi connectivity index (χ4v) is 4.02. The molecular formula is C32H35NO13. The molecule has 14 nitrogen and oxygen atoms in total. The zero-order valence-electron chi connectivity index (χ0n) is 24.6. The number of phenolic OH excluding ortho intramolecular Hbond substituents is 6. The van der Waals surface area contributed by atoms with E-state index in [-0.39, 0.29) is 84.0 Å². The van der Waals surface area contributed by atoms with Crippen LogP contribution in [-0.2, 0) is 16.0 Å². The fourth-order valence-electron chi connectivity index (χ4n) is 4.02. The number of aromatic hydroxyl groups is 6. The lowest BCUT2D eigenvalue weighted by Gasteiger charge is -2.13. The number of hydrogen-bond acceptors (Lipinski definition) is 13. The largest absolute Gasteiger partial charge is 0.508 e. The Kier molecular flexibility index (Phi) is 12.4. The quantitative estimate of drug-likeness (QED) is 0.0638. The minimum atomic E-state index is -0.947. The van der Waals surface area contributed by atoms with Crippen LogP contribution >= 0.6 is 0 Å². The molecule has 2 atom stereocenters. The molecule has 0 saturated carbocycles. The molecule has 46 heavy (non-hydrogen) atoms. The molecule has 0 aliphatic heterocycles. The lowest BCUT2D eigenvalue weighted by atomic mass is 10.0. The second-order valence-corrected chi connectivity index (χ2v) is 10.0. The van der Waals surface area contributed by atoms with Gasteiger partial charge in [-0.15, -0.1) is 0 Å². The Morgan fingerprint density at radius 1 is 0.913 bits per heavy atom. The maximum Gasteiger partial charge on any atom is 0.244 e. The van der Waals surface area contributed by atoms with E-state index < -0.39 is 29.1 Å². The van der Waals surface area contributed by atoms with Crippen LogP contribution in [0.25, 0.3) is 28.4 Å². The van der Waals surface area contributed by atoms with Gasteiger partial charge in [-0.3, -0.25) is 9.59 Å². The van der Waals surface area contributed by atoms with Gasteiger partial charge >= 0.3 is 0 Å². The maximum atomic E-state index is 12.7. The number of benzene rings is 3. The van der Waals surface area contributed by atoms with Crippen LogP contribution in [0.15, 0.2) is 63.8 Å². The summed E-state index contributed by atoms with van der Waals surface area (Å²) in [6.07, 6.45) is 0.940. The highest BCUT2D eigenvalue weighted by atomic mass is 16.5. The van der Waals surface area contributed by atoms with E-state index >= 15 is 0 Å². The molecule has 14 heteroatoms. The molecule has 0 bridgehead atoms. The van der Waals surface area contributed by atoms with Crippen LogP contribution in [0.4, 0.5) is 0 Å². The summed E-state index contributed by atoms with van der Waals surface area (Å²) in [5.41, 5.74) is 0.389. The van der Waals surface area contributed by atoms with Gasteiger partial charge in [0.25, 0.3) is 0 Å². The topological polar surface area (TPSA) is 251 Å². The second-order valence-electron chi connectivity index (χ2n) is 10.0. The number of amides is 1. The number of phenols is 6. The Balaban J connectivity index is 0.000000252. The monoisotopic (exact) mass is 641 g/mol. The summed E-state index contributed by atoms with van der Waals surface area (Å²) in [5.74, 6) is -2.19. The molecule has 10 N–H and O–H groups in total. The predicted molar refractivity (Wildman–Crippen MR) is 166 cm³/mol. The Morgan fingerprint density at radius 3 is 2.22 bits per heavy atom. The smallest absolute Gasteiger partial charge is 0.244 e. The van der Waals surface area contributed by atoms with Gasteiger partial charge in [0.05, 0.1) is 19.3 Å². The molecule has 0 radical (unpaired) electrons. The summed E-state index contributed by atoms with van der Waals surface area (Å²) < 4.78 is 10.7. The van der Waals surface area contributed by atoms with Gasteiger partial charge in [0.1, 0.15) is 34.3 Å². The zero-order valence-corrected chi connectivity index (χ0v) is 24.6. The first kappa shape index (κ1) is 35.2. The lowest BCUT2D eigenvalue weighted by molar-refractivity contribution is -0.116. The van der Waals surface area contributed by atoms with Crippen molar-refractivity contribution < 1.29 is 59.9 Å². The number of rotatable bonds is 11. The van der Waals surface area contributed by atoms with Crippen LogP contribution in [0.1, 0.15) is 18.1 Å². The second kappa shape index (κ2) is 16.2.